The van der Waals surface area contributed by atoms with E-state index in [4.69, 9.17) is 0 Å². The lowest BCUT2D eigenvalue weighted by molar-refractivity contribution is -0.475. The molecule has 168 valence electrons. The quantitative estimate of drug-likeness (QED) is 0.318. The standard InChI is InChI=1S/C14H17F11O3/c1-3-5-6-8(4-2)7-27-9(26)10(15,12(18,19)20)28-14(24,25)11(16,17)13(21,22)23/h8H,3-7H2,1-2H3. The van der Waals surface area contributed by atoms with Gasteiger partial charge in [-0.3, -0.25) is 4.74 Å². The van der Waals surface area contributed by atoms with Crippen LogP contribution in [0.15, 0.2) is 0 Å². The van der Waals surface area contributed by atoms with Crippen molar-refractivity contribution in [2.24, 2.45) is 5.92 Å². The van der Waals surface area contributed by atoms with E-state index in [0.717, 1.165) is 0 Å². The molecule has 0 saturated heterocycles. The largest absolute Gasteiger partial charge is 0.462 e. The minimum Gasteiger partial charge on any atom is -0.461 e. The molecule has 0 aromatic carbocycles. The zero-order valence-corrected chi connectivity index (χ0v) is 14.5. The predicted molar refractivity (Wildman–Crippen MR) is 71.2 cm³/mol. The van der Waals surface area contributed by atoms with Crippen LogP contribution in [0.1, 0.15) is 39.5 Å². The summed E-state index contributed by atoms with van der Waals surface area (Å²) in [6, 6.07) is 0. The van der Waals surface area contributed by atoms with Crippen LogP contribution in [-0.2, 0) is 14.3 Å². The zero-order chi connectivity index (χ0) is 22.6. The summed E-state index contributed by atoms with van der Waals surface area (Å²) < 4.78 is 146. The lowest BCUT2D eigenvalue weighted by Crippen LogP contribution is -2.62. The maximum Gasteiger partial charge on any atom is 0.462 e. The number of rotatable bonds is 10. The van der Waals surface area contributed by atoms with Crippen molar-refractivity contribution in [3.63, 3.8) is 0 Å². The number of carbonyl (C=O) groups excluding carboxylic acids is 1. The van der Waals surface area contributed by atoms with Crippen molar-refractivity contribution in [2.75, 3.05) is 6.61 Å². The fraction of sp³-hybridized carbons (Fsp3) is 0.929. The maximum atomic E-state index is 13.9. The first kappa shape index (κ1) is 26.7. The Morgan fingerprint density at radius 2 is 1.36 bits per heavy atom. The predicted octanol–water partition coefficient (Wildman–Crippen LogP) is 5.78. The van der Waals surface area contributed by atoms with Gasteiger partial charge in [-0.2, -0.15) is 48.3 Å². The Labute approximate surface area is 152 Å². The van der Waals surface area contributed by atoms with Crippen molar-refractivity contribution < 1.29 is 62.6 Å². The second-order valence-electron chi connectivity index (χ2n) is 5.80. The summed E-state index contributed by atoms with van der Waals surface area (Å²) in [6.45, 7) is 2.34. The Balaban J connectivity index is 5.63. The molecule has 0 aliphatic rings. The first-order valence-corrected chi connectivity index (χ1v) is 7.82. The molecule has 0 aliphatic carbocycles. The van der Waals surface area contributed by atoms with Gasteiger partial charge in [-0.1, -0.05) is 33.1 Å². The van der Waals surface area contributed by atoms with Crippen LogP contribution < -0.4 is 0 Å². The smallest absolute Gasteiger partial charge is 0.461 e. The fourth-order valence-electron chi connectivity index (χ4n) is 1.81. The number of alkyl halides is 11. The highest BCUT2D eigenvalue weighted by atomic mass is 19.4. The van der Waals surface area contributed by atoms with Gasteiger partial charge in [-0.25, -0.2) is 4.79 Å². The zero-order valence-electron chi connectivity index (χ0n) is 14.5. The van der Waals surface area contributed by atoms with Crippen LogP contribution in [0.2, 0.25) is 0 Å². The molecule has 0 saturated carbocycles. The van der Waals surface area contributed by atoms with Gasteiger partial charge in [-0.05, 0) is 12.3 Å². The van der Waals surface area contributed by atoms with E-state index >= 15 is 0 Å². The monoisotopic (exact) mass is 442 g/mol. The number of ether oxygens (including phenoxy) is 2. The van der Waals surface area contributed by atoms with Crippen molar-refractivity contribution in [3.05, 3.63) is 0 Å². The molecule has 0 amide bonds. The van der Waals surface area contributed by atoms with Crippen molar-refractivity contribution in [3.8, 4) is 0 Å². The SMILES string of the molecule is CCCCC(CC)COC(=O)C(F)(OC(F)(F)C(F)(F)C(F)(F)F)C(F)(F)F. The molecule has 3 nitrogen and oxygen atoms in total. The van der Waals surface area contributed by atoms with Gasteiger partial charge in [0.15, 0.2) is 0 Å². The molecule has 0 rings (SSSR count). The lowest BCUT2D eigenvalue weighted by Gasteiger charge is -2.33. The van der Waals surface area contributed by atoms with Gasteiger partial charge >= 0.3 is 36.2 Å². The Bertz CT molecular complexity index is 516. The fourth-order valence-corrected chi connectivity index (χ4v) is 1.81. The third-order valence-corrected chi connectivity index (χ3v) is 3.61. The summed E-state index contributed by atoms with van der Waals surface area (Å²) in [5, 5.41) is 0. The second kappa shape index (κ2) is 8.99. The summed E-state index contributed by atoms with van der Waals surface area (Å²) in [6.07, 6.45) is -19.3. The molecule has 2 unspecified atom stereocenters. The Kier molecular flexibility index (Phi) is 8.56. The Morgan fingerprint density at radius 3 is 1.71 bits per heavy atom. The highest BCUT2D eigenvalue weighted by Crippen LogP contribution is 2.51. The third kappa shape index (κ3) is 5.83. The van der Waals surface area contributed by atoms with Gasteiger partial charge in [-0.15, -0.1) is 0 Å². The molecule has 14 heteroatoms. The van der Waals surface area contributed by atoms with Crippen molar-refractivity contribution >= 4 is 5.97 Å². The molecule has 28 heavy (non-hydrogen) atoms. The van der Waals surface area contributed by atoms with Crippen molar-refractivity contribution in [1.29, 1.82) is 0 Å². The normalized spacial score (nSPS) is 17.2. The van der Waals surface area contributed by atoms with E-state index in [1.165, 1.54) is 6.92 Å². The summed E-state index contributed by atoms with van der Waals surface area (Å²) >= 11 is 0. The van der Waals surface area contributed by atoms with Gasteiger partial charge in [0.05, 0.1) is 6.61 Å². The average Bonchev–Trinajstić information content (AvgIpc) is 2.51. The van der Waals surface area contributed by atoms with Crippen LogP contribution in [-0.4, -0.2) is 42.8 Å². The minimum absolute atomic E-state index is 0.210. The molecule has 0 aromatic rings. The first-order chi connectivity index (χ1) is 12.4. The van der Waals surface area contributed by atoms with E-state index in [0.29, 0.717) is 12.8 Å². The number of halogens is 11. The molecule has 0 heterocycles. The van der Waals surface area contributed by atoms with Crippen molar-refractivity contribution in [2.45, 2.75) is 69.8 Å². The molecule has 0 N–H and O–H groups in total. The minimum atomic E-state index is -7.23. The number of hydrogen-bond donors (Lipinski definition) is 0. The molecule has 0 fully saturated rings. The van der Waals surface area contributed by atoms with Crippen LogP contribution in [0, 0.1) is 5.92 Å². The Morgan fingerprint density at radius 1 is 0.857 bits per heavy atom. The topological polar surface area (TPSA) is 35.5 Å². The summed E-state index contributed by atoms with van der Waals surface area (Å²) in [4.78, 5) is 11.4. The number of carbonyl (C=O) groups is 1. The molecule has 0 radical (unpaired) electrons. The summed E-state index contributed by atoms with van der Waals surface area (Å²) in [5.74, 6) is -17.3. The van der Waals surface area contributed by atoms with Crippen molar-refractivity contribution in [1.82, 2.24) is 0 Å². The molecular weight excluding hydrogens is 425 g/mol. The lowest BCUT2D eigenvalue weighted by atomic mass is 10.0. The van der Waals surface area contributed by atoms with Crippen LogP contribution >= 0.6 is 0 Å². The van der Waals surface area contributed by atoms with E-state index in [1.807, 2.05) is 0 Å². The maximum absolute atomic E-state index is 13.9. The molecule has 2 atom stereocenters. The summed E-state index contributed by atoms with van der Waals surface area (Å²) in [7, 11) is 0. The number of unbranched alkanes of at least 4 members (excludes halogenated alkanes) is 1. The molecular formula is C14H17F11O3. The molecule has 0 bridgehead atoms. The average molecular weight is 442 g/mol. The third-order valence-electron chi connectivity index (χ3n) is 3.61. The highest BCUT2D eigenvalue weighted by Gasteiger charge is 2.80. The van der Waals surface area contributed by atoms with Crippen LogP contribution in [0.3, 0.4) is 0 Å². The van der Waals surface area contributed by atoms with E-state index in [1.54, 1.807) is 6.92 Å². The van der Waals surface area contributed by atoms with E-state index in [2.05, 4.69) is 9.47 Å². The van der Waals surface area contributed by atoms with Gasteiger partial charge < -0.3 is 4.74 Å². The van der Waals surface area contributed by atoms with Gasteiger partial charge in [0.25, 0.3) is 0 Å². The molecule has 0 aliphatic heterocycles. The van der Waals surface area contributed by atoms with E-state index < -0.39 is 48.7 Å². The first-order valence-electron chi connectivity index (χ1n) is 7.82. The van der Waals surface area contributed by atoms with Crippen LogP contribution in [0.4, 0.5) is 48.3 Å². The summed E-state index contributed by atoms with van der Waals surface area (Å²) in [5.41, 5.74) is 0. The number of esters is 1. The highest BCUT2D eigenvalue weighted by molar-refractivity contribution is 5.78. The van der Waals surface area contributed by atoms with Crippen LogP contribution in [0.5, 0.6) is 0 Å². The van der Waals surface area contributed by atoms with Gasteiger partial charge in [0.2, 0.25) is 0 Å². The Hall–Kier alpha value is -1.34. The van der Waals surface area contributed by atoms with Gasteiger partial charge in [0.1, 0.15) is 0 Å². The number of hydrogen-bond acceptors (Lipinski definition) is 3. The molecule has 0 aromatic heterocycles. The van der Waals surface area contributed by atoms with E-state index in [9.17, 15) is 53.1 Å². The van der Waals surface area contributed by atoms with Crippen LogP contribution in [0.25, 0.3) is 0 Å². The van der Waals surface area contributed by atoms with E-state index in [-0.39, 0.29) is 12.8 Å². The molecule has 0 spiro atoms. The second-order valence-corrected chi connectivity index (χ2v) is 5.80. The van der Waals surface area contributed by atoms with Gasteiger partial charge in [0, 0.05) is 0 Å².